The largest absolute Gasteiger partial charge is 0.355 e. The normalized spacial score (nSPS) is 17.3. The van der Waals surface area contributed by atoms with Gasteiger partial charge in [-0.1, -0.05) is 17.7 Å². The number of hydrogen-bond acceptors (Lipinski definition) is 7. The molecule has 0 radical (unpaired) electrons. The highest BCUT2D eigenvalue weighted by Crippen LogP contribution is 2.35. The Balaban J connectivity index is 1.47. The zero-order valence-electron chi connectivity index (χ0n) is 19.3. The van der Waals surface area contributed by atoms with E-state index in [0.717, 1.165) is 19.1 Å². The maximum Gasteiger partial charge on any atom is 0.255 e. The highest BCUT2D eigenvalue weighted by Gasteiger charge is 2.44. The van der Waals surface area contributed by atoms with Crippen molar-refractivity contribution in [1.29, 1.82) is 5.26 Å². The van der Waals surface area contributed by atoms with Gasteiger partial charge in [0.25, 0.3) is 5.91 Å². The van der Waals surface area contributed by atoms with Gasteiger partial charge in [-0.05, 0) is 55.9 Å². The molecule has 9 nitrogen and oxygen atoms in total. The van der Waals surface area contributed by atoms with Gasteiger partial charge in [-0.25, -0.2) is 13.4 Å². The lowest BCUT2D eigenvalue weighted by molar-refractivity contribution is -0.122. The Morgan fingerprint density at radius 2 is 1.97 bits per heavy atom. The maximum absolute atomic E-state index is 12.8. The molecule has 35 heavy (non-hydrogen) atoms. The molecule has 184 valence electrons. The number of pyridine rings is 1. The van der Waals surface area contributed by atoms with Crippen LogP contribution in [0.15, 0.2) is 41.4 Å². The third-order valence-electron chi connectivity index (χ3n) is 6.34. The summed E-state index contributed by atoms with van der Waals surface area (Å²) in [6.07, 6.45) is 5.58. The molecule has 2 fully saturated rings. The molecule has 2 aliphatic rings. The number of amides is 2. The van der Waals surface area contributed by atoms with Crippen LogP contribution in [0, 0.1) is 17.2 Å². The Bertz CT molecular complexity index is 1300. The molecular weight excluding hydrogens is 490 g/mol. The summed E-state index contributed by atoms with van der Waals surface area (Å²) in [7, 11) is -3.54. The van der Waals surface area contributed by atoms with Crippen molar-refractivity contribution in [2.75, 3.05) is 29.6 Å². The van der Waals surface area contributed by atoms with Crippen molar-refractivity contribution in [2.24, 2.45) is 5.92 Å². The quantitative estimate of drug-likeness (QED) is 0.578. The minimum atomic E-state index is -3.54. The van der Waals surface area contributed by atoms with Crippen molar-refractivity contribution in [3.05, 3.63) is 47.1 Å². The molecule has 1 aromatic carbocycles. The van der Waals surface area contributed by atoms with E-state index in [9.17, 15) is 18.0 Å². The smallest absolute Gasteiger partial charge is 0.255 e. The molecule has 2 heterocycles. The van der Waals surface area contributed by atoms with Crippen molar-refractivity contribution in [3.8, 4) is 6.07 Å². The minimum absolute atomic E-state index is 0.000647. The molecule has 1 saturated carbocycles. The number of rotatable bonds is 7. The van der Waals surface area contributed by atoms with E-state index < -0.39 is 21.3 Å². The summed E-state index contributed by atoms with van der Waals surface area (Å²) >= 11 is 6.00. The fourth-order valence-corrected chi connectivity index (χ4v) is 4.89. The predicted molar refractivity (Wildman–Crippen MR) is 132 cm³/mol. The van der Waals surface area contributed by atoms with Crippen molar-refractivity contribution in [3.63, 3.8) is 0 Å². The van der Waals surface area contributed by atoms with Crippen LogP contribution in [0.3, 0.4) is 0 Å². The molecule has 1 aliphatic carbocycles. The van der Waals surface area contributed by atoms with Gasteiger partial charge >= 0.3 is 0 Å². The molecule has 2 aromatic rings. The van der Waals surface area contributed by atoms with Crippen LogP contribution in [-0.2, 0) is 14.6 Å². The van der Waals surface area contributed by atoms with Gasteiger partial charge in [0.05, 0.1) is 16.7 Å². The number of carbonyl (C=O) groups excluding carboxylic acids is 2. The Morgan fingerprint density at radius 1 is 1.26 bits per heavy atom. The summed E-state index contributed by atoms with van der Waals surface area (Å²) in [5.41, 5.74) is -0.0402. The lowest BCUT2D eigenvalue weighted by Crippen LogP contribution is -2.39. The zero-order valence-corrected chi connectivity index (χ0v) is 20.8. The summed E-state index contributed by atoms with van der Waals surface area (Å²) < 4.78 is 24.2. The van der Waals surface area contributed by atoms with Gasteiger partial charge < -0.3 is 15.5 Å². The molecule has 4 rings (SSSR count). The standard InChI is InChI=1S/C24H26ClN5O4S/c1-35(33,34)19-13-20(28-23(32)17-3-2-4-18(25)12-17)22(27-14-19)30-9-5-16(6-10-30)11-21(31)29-24(15-26)7-8-24/h2-4,12-14,16H,5-11H2,1H3,(H,28,32)(H,29,31). The van der Waals surface area contributed by atoms with Crippen LogP contribution in [0.1, 0.15) is 42.5 Å². The minimum Gasteiger partial charge on any atom is -0.355 e. The van der Waals surface area contributed by atoms with Crippen LogP contribution in [0.5, 0.6) is 0 Å². The average molecular weight is 516 g/mol. The molecule has 0 spiro atoms. The third-order valence-corrected chi connectivity index (χ3v) is 7.65. The van der Waals surface area contributed by atoms with Gasteiger partial charge in [-0.2, -0.15) is 5.26 Å². The molecule has 2 amide bonds. The molecule has 0 unspecified atom stereocenters. The van der Waals surface area contributed by atoms with Crippen LogP contribution in [0.2, 0.25) is 5.02 Å². The number of anilines is 2. The van der Waals surface area contributed by atoms with Crippen LogP contribution < -0.4 is 15.5 Å². The van der Waals surface area contributed by atoms with Crippen LogP contribution in [0.25, 0.3) is 0 Å². The summed E-state index contributed by atoms with van der Waals surface area (Å²) in [6.45, 7) is 1.18. The first kappa shape index (κ1) is 24.9. The number of benzene rings is 1. The fourth-order valence-electron chi connectivity index (χ4n) is 4.13. The Morgan fingerprint density at radius 3 is 2.57 bits per heavy atom. The summed E-state index contributed by atoms with van der Waals surface area (Å²) in [6, 6.07) is 10.0. The van der Waals surface area contributed by atoms with E-state index in [4.69, 9.17) is 16.9 Å². The first-order valence-electron chi connectivity index (χ1n) is 11.3. The van der Waals surface area contributed by atoms with Crippen LogP contribution in [-0.4, -0.2) is 50.1 Å². The van der Waals surface area contributed by atoms with Crippen LogP contribution >= 0.6 is 11.6 Å². The highest BCUT2D eigenvalue weighted by atomic mass is 35.5. The number of nitrogens with zero attached hydrogens (tertiary/aromatic N) is 3. The van der Waals surface area contributed by atoms with E-state index in [-0.39, 0.29) is 16.7 Å². The van der Waals surface area contributed by atoms with E-state index in [2.05, 4.69) is 21.7 Å². The second-order valence-corrected chi connectivity index (χ2v) is 11.6. The number of halogens is 1. The Hall–Kier alpha value is -3.16. The average Bonchev–Trinajstić information content (AvgIpc) is 3.58. The summed E-state index contributed by atoms with van der Waals surface area (Å²) in [5.74, 6) is 0.101. The van der Waals surface area contributed by atoms with Crippen molar-refractivity contribution >= 4 is 44.8 Å². The zero-order chi connectivity index (χ0) is 25.2. The van der Waals surface area contributed by atoms with Crippen LogP contribution in [0.4, 0.5) is 11.5 Å². The van der Waals surface area contributed by atoms with E-state index in [1.807, 2.05) is 4.90 Å². The second kappa shape index (κ2) is 9.84. The number of piperidine rings is 1. The molecule has 0 atom stereocenters. The number of nitriles is 1. The van der Waals surface area contributed by atoms with E-state index in [1.165, 1.54) is 18.3 Å². The molecule has 1 saturated heterocycles. The SMILES string of the molecule is CS(=O)(=O)c1cnc(N2CCC(CC(=O)NC3(C#N)CC3)CC2)c(NC(=O)c2cccc(Cl)c2)c1. The Labute approximate surface area is 209 Å². The topological polar surface area (TPSA) is 132 Å². The van der Waals surface area contributed by atoms with Gasteiger partial charge in [0, 0.05) is 42.5 Å². The molecule has 0 bridgehead atoms. The van der Waals surface area contributed by atoms with Gasteiger partial charge in [-0.3, -0.25) is 9.59 Å². The molecule has 1 aliphatic heterocycles. The molecule has 1 aromatic heterocycles. The number of aromatic nitrogens is 1. The van der Waals surface area contributed by atoms with E-state index in [1.54, 1.807) is 18.2 Å². The van der Waals surface area contributed by atoms with Gasteiger partial charge in [0.2, 0.25) is 5.91 Å². The Kier molecular flexibility index (Phi) is 7.01. The second-order valence-electron chi connectivity index (χ2n) is 9.16. The van der Waals surface area contributed by atoms with Crippen molar-refractivity contribution in [2.45, 2.75) is 42.5 Å². The lowest BCUT2D eigenvalue weighted by atomic mass is 9.93. The first-order chi connectivity index (χ1) is 16.6. The number of hydrogen-bond donors (Lipinski definition) is 2. The molecular formula is C24H26ClN5O4S. The van der Waals surface area contributed by atoms with Gasteiger partial charge in [0.15, 0.2) is 15.7 Å². The summed E-state index contributed by atoms with van der Waals surface area (Å²) in [5, 5.41) is 15.2. The highest BCUT2D eigenvalue weighted by molar-refractivity contribution is 7.90. The number of sulfone groups is 1. The predicted octanol–water partition coefficient (Wildman–Crippen LogP) is 3.17. The monoisotopic (exact) mass is 515 g/mol. The summed E-state index contributed by atoms with van der Waals surface area (Å²) in [4.78, 5) is 31.5. The van der Waals surface area contributed by atoms with Gasteiger partial charge in [0.1, 0.15) is 5.54 Å². The van der Waals surface area contributed by atoms with Gasteiger partial charge in [-0.15, -0.1) is 0 Å². The third kappa shape index (κ3) is 6.10. The van der Waals surface area contributed by atoms with E-state index in [0.29, 0.717) is 54.4 Å². The lowest BCUT2D eigenvalue weighted by Gasteiger charge is -2.33. The van der Waals surface area contributed by atoms with E-state index >= 15 is 0 Å². The molecule has 11 heteroatoms. The van der Waals surface area contributed by atoms with Crippen molar-refractivity contribution < 1.29 is 18.0 Å². The number of carbonyl (C=O) groups is 2. The number of nitrogens with one attached hydrogen (secondary N) is 2. The fraction of sp³-hybridized carbons (Fsp3) is 0.417. The maximum atomic E-state index is 12.8. The van der Waals surface area contributed by atoms with Crippen molar-refractivity contribution in [1.82, 2.24) is 10.3 Å². The first-order valence-corrected chi connectivity index (χ1v) is 13.6. The molecule has 2 N–H and O–H groups in total.